The molecule has 1 aliphatic rings. The summed E-state index contributed by atoms with van der Waals surface area (Å²) < 4.78 is 16.1. The van der Waals surface area contributed by atoms with Crippen LogP contribution in [0.4, 0.5) is 0 Å². The van der Waals surface area contributed by atoms with Crippen molar-refractivity contribution < 1.29 is 14.2 Å². The molecule has 0 saturated carbocycles. The molecule has 24 heavy (non-hydrogen) atoms. The van der Waals surface area contributed by atoms with E-state index in [1.165, 1.54) is 0 Å². The van der Waals surface area contributed by atoms with Crippen molar-refractivity contribution in [2.75, 3.05) is 47.1 Å². The van der Waals surface area contributed by atoms with Gasteiger partial charge >= 0.3 is 0 Å². The highest BCUT2D eigenvalue weighted by Crippen LogP contribution is 2.38. The minimum atomic E-state index is 0. The summed E-state index contributed by atoms with van der Waals surface area (Å²) in [4.78, 5) is 4.19. The minimum absolute atomic E-state index is 0. The highest BCUT2D eigenvalue weighted by atomic mass is 127. The van der Waals surface area contributed by atoms with Crippen LogP contribution in [0.3, 0.4) is 0 Å². The molecule has 0 aliphatic carbocycles. The molecular formula is C16H25ClIN3O3. The van der Waals surface area contributed by atoms with Crippen molar-refractivity contribution in [1.29, 1.82) is 0 Å². The monoisotopic (exact) mass is 469 g/mol. The van der Waals surface area contributed by atoms with E-state index in [1.807, 2.05) is 12.1 Å². The van der Waals surface area contributed by atoms with Gasteiger partial charge in [0.05, 0.1) is 5.02 Å². The molecule has 2 rings (SSSR count). The van der Waals surface area contributed by atoms with Crippen molar-refractivity contribution in [2.24, 2.45) is 4.99 Å². The molecule has 1 aromatic carbocycles. The summed E-state index contributed by atoms with van der Waals surface area (Å²) in [6.45, 7) is 3.41. The van der Waals surface area contributed by atoms with Gasteiger partial charge in [-0.25, -0.2) is 0 Å². The van der Waals surface area contributed by atoms with E-state index in [-0.39, 0.29) is 24.0 Å². The van der Waals surface area contributed by atoms with Crippen LogP contribution in [0.2, 0.25) is 5.02 Å². The zero-order valence-corrected chi connectivity index (χ0v) is 17.1. The summed E-state index contributed by atoms with van der Waals surface area (Å²) >= 11 is 6.24. The molecule has 2 N–H and O–H groups in total. The Hall–Kier alpha value is -0.930. The van der Waals surface area contributed by atoms with Gasteiger partial charge in [0.25, 0.3) is 0 Å². The second kappa shape index (κ2) is 11.6. The molecule has 6 nitrogen and oxygen atoms in total. The number of halogens is 2. The Morgan fingerprint density at radius 2 is 2.00 bits per heavy atom. The first-order valence-electron chi connectivity index (χ1n) is 7.76. The van der Waals surface area contributed by atoms with Crippen LogP contribution >= 0.6 is 35.6 Å². The molecule has 8 heteroatoms. The molecule has 0 saturated heterocycles. The summed E-state index contributed by atoms with van der Waals surface area (Å²) in [5.74, 6) is 2.15. The Morgan fingerprint density at radius 3 is 2.75 bits per heavy atom. The fraction of sp³-hybridized carbons (Fsp3) is 0.562. The van der Waals surface area contributed by atoms with E-state index >= 15 is 0 Å². The van der Waals surface area contributed by atoms with Crippen LogP contribution in [0.25, 0.3) is 0 Å². The van der Waals surface area contributed by atoms with Crippen molar-refractivity contribution in [3.8, 4) is 11.5 Å². The standard InChI is InChI=1S/C16H24ClN3O3.HI/c1-18-16(19-5-3-7-21-2)20-6-4-12-10-13(17)15-14(11-12)22-8-9-23-15;/h10-11H,3-9H2,1-2H3,(H2,18,19,20);1H. The van der Waals surface area contributed by atoms with Gasteiger partial charge in [-0.15, -0.1) is 24.0 Å². The van der Waals surface area contributed by atoms with Crippen LogP contribution < -0.4 is 20.1 Å². The second-order valence-electron chi connectivity index (χ2n) is 5.12. The van der Waals surface area contributed by atoms with Crippen molar-refractivity contribution in [3.63, 3.8) is 0 Å². The lowest BCUT2D eigenvalue weighted by atomic mass is 10.1. The topological polar surface area (TPSA) is 64.1 Å². The number of ether oxygens (including phenoxy) is 3. The average Bonchev–Trinajstić information content (AvgIpc) is 2.57. The van der Waals surface area contributed by atoms with Gasteiger partial charge in [0, 0.05) is 33.9 Å². The van der Waals surface area contributed by atoms with E-state index in [0.29, 0.717) is 24.0 Å². The Labute approximate surface area is 165 Å². The minimum Gasteiger partial charge on any atom is -0.486 e. The third kappa shape index (κ3) is 6.52. The summed E-state index contributed by atoms with van der Waals surface area (Å²) in [6, 6.07) is 3.91. The van der Waals surface area contributed by atoms with Crippen LogP contribution in [0.5, 0.6) is 11.5 Å². The Kier molecular flexibility index (Phi) is 10.2. The number of nitrogens with zero attached hydrogens (tertiary/aromatic N) is 1. The summed E-state index contributed by atoms with van der Waals surface area (Å²) in [5.41, 5.74) is 1.10. The number of nitrogens with one attached hydrogen (secondary N) is 2. The van der Waals surface area contributed by atoms with Crippen molar-refractivity contribution in [2.45, 2.75) is 12.8 Å². The SMILES string of the molecule is CN=C(NCCCOC)NCCc1cc(Cl)c2c(c1)OCCO2.I. The molecule has 1 aromatic rings. The second-order valence-corrected chi connectivity index (χ2v) is 5.53. The van der Waals surface area contributed by atoms with Gasteiger partial charge in [0.15, 0.2) is 17.5 Å². The molecule has 0 unspecified atom stereocenters. The highest BCUT2D eigenvalue weighted by Gasteiger charge is 2.16. The molecule has 0 amide bonds. The number of rotatable bonds is 7. The van der Waals surface area contributed by atoms with E-state index in [1.54, 1.807) is 14.2 Å². The molecular weight excluding hydrogens is 445 g/mol. The van der Waals surface area contributed by atoms with Gasteiger partial charge in [-0.2, -0.15) is 0 Å². The molecule has 136 valence electrons. The van der Waals surface area contributed by atoms with Gasteiger partial charge in [0.1, 0.15) is 13.2 Å². The molecule has 0 aromatic heterocycles. The molecule has 1 aliphatic heterocycles. The van der Waals surface area contributed by atoms with E-state index in [9.17, 15) is 0 Å². The molecule has 0 atom stereocenters. The maximum Gasteiger partial charge on any atom is 0.190 e. The number of fused-ring (bicyclic) bond motifs is 1. The highest BCUT2D eigenvalue weighted by molar-refractivity contribution is 14.0. The zero-order valence-electron chi connectivity index (χ0n) is 14.1. The van der Waals surface area contributed by atoms with E-state index in [4.69, 9.17) is 25.8 Å². The number of guanidine groups is 1. The molecule has 0 fully saturated rings. The summed E-state index contributed by atoms with van der Waals surface area (Å²) in [5, 5.41) is 7.11. The van der Waals surface area contributed by atoms with Crippen LogP contribution in [-0.4, -0.2) is 53.0 Å². The number of aliphatic imine (C=N–C) groups is 1. The Morgan fingerprint density at radius 1 is 1.25 bits per heavy atom. The lowest BCUT2D eigenvalue weighted by Gasteiger charge is -2.20. The van der Waals surface area contributed by atoms with Gasteiger partial charge in [-0.3, -0.25) is 4.99 Å². The number of benzene rings is 1. The van der Waals surface area contributed by atoms with Crippen LogP contribution in [0.1, 0.15) is 12.0 Å². The molecule has 0 radical (unpaired) electrons. The first-order chi connectivity index (χ1) is 11.2. The van der Waals surface area contributed by atoms with Gasteiger partial charge in [-0.05, 0) is 30.5 Å². The Bertz CT molecular complexity index is 544. The van der Waals surface area contributed by atoms with Crippen molar-refractivity contribution >= 4 is 41.5 Å². The lowest BCUT2D eigenvalue weighted by molar-refractivity contribution is 0.171. The molecule has 0 spiro atoms. The fourth-order valence-corrected chi connectivity index (χ4v) is 2.57. The van der Waals surface area contributed by atoms with Gasteiger partial charge in [-0.1, -0.05) is 11.6 Å². The molecule has 1 heterocycles. The quantitative estimate of drug-likeness (QED) is 0.278. The van der Waals surface area contributed by atoms with Gasteiger partial charge < -0.3 is 24.8 Å². The third-order valence-electron chi connectivity index (χ3n) is 3.40. The molecule has 0 bridgehead atoms. The zero-order chi connectivity index (χ0) is 16.5. The lowest BCUT2D eigenvalue weighted by Crippen LogP contribution is -2.39. The maximum atomic E-state index is 6.24. The van der Waals surface area contributed by atoms with Crippen LogP contribution in [0.15, 0.2) is 17.1 Å². The largest absolute Gasteiger partial charge is 0.486 e. The first-order valence-corrected chi connectivity index (χ1v) is 8.14. The number of hydrogen-bond acceptors (Lipinski definition) is 4. The smallest absolute Gasteiger partial charge is 0.190 e. The van der Waals surface area contributed by atoms with Gasteiger partial charge in [0.2, 0.25) is 0 Å². The summed E-state index contributed by atoms with van der Waals surface area (Å²) in [6.07, 6.45) is 1.75. The normalized spacial score (nSPS) is 13.2. The predicted molar refractivity (Wildman–Crippen MR) is 107 cm³/mol. The maximum absolute atomic E-state index is 6.24. The van der Waals surface area contributed by atoms with E-state index in [2.05, 4.69) is 15.6 Å². The number of hydrogen-bond donors (Lipinski definition) is 2. The van der Waals surface area contributed by atoms with Crippen LogP contribution in [0, 0.1) is 0 Å². The first kappa shape index (κ1) is 21.1. The average molecular weight is 470 g/mol. The van der Waals surface area contributed by atoms with Crippen LogP contribution in [-0.2, 0) is 11.2 Å². The van der Waals surface area contributed by atoms with Crippen molar-refractivity contribution in [3.05, 3.63) is 22.7 Å². The van der Waals surface area contributed by atoms with E-state index in [0.717, 1.165) is 49.8 Å². The summed E-state index contributed by atoms with van der Waals surface area (Å²) in [7, 11) is 3.46. The predicted octanol–water partition coefficient (Wildman–Crippen LogP) is 2.47. The fourth-order valence-electron chi connectivity index (χ4n) is 2.28. The van der Waals surface area contributed by atoms with E-state index < -0.39 is 0 Å². The van der Waals surface area contributed by atoms with Crippen molar-refractivity contribution in [1.82, 2.24) is 10.6 Å². The third-order valence-corrected chi connectivity index (χ3v) is 3.68. The number of methoxy groups -OCH3 is 1. The Balaban J connectivity index is 0.00000288.